The van der Waals surface area contributed by atoms with Gasteiger partial charge in [0.05, 0.1) is 18.8 Å². The summed E-state index contributed by atoms with van der Waals surface area (Å²) >= 11 is 0. The number of hydrogen-bond acceptors (Lipinski definition) is 4. The van der Waals surface area contributed by atoms with Gasteiger partial charge in [-0.2, -0.15) is 0 Å². The molecular formula is C17H19F2N3O3. The first-order valence-corrected chi connectivity index (χ1v) is 8.07. The molecule has 0 spiro atoms. The van der Waals surface area contributed by atoms with Gasteiger partial charge in [-0.25, -0.2) is 13.6 Å². The van der Waals surface area contributed by atoms with E-state index in [0.29, 0.717) is 25.1 Å². The Morgan fingerprint density at radius 1 is 1.40 bits per heavy atom. The number of anilines is 1. The molecule has 134 valence electrons. The summed E-state index contributed by atoms with van der Waals surface area (Å²) in [5.41, 5.74) is 0.670. The van der Waals surface area contributed by atoms with Crippen LogP contribution in [0.5, 0.6) is 0 Å². The van der Waals surface area contributed by atoms with Crippen LogP contribution in [-0.2, 0) is 9.53 Å². The van der Waals surface area contributed by atoms with Gasteiger partial charge >= 0.3 is 6.09 Å². The average molecular weight is 351 g/mol. The van der Waals surface area contributed by atoms with Gasteiger partial charge in [-0.05, 0) is 30.7 Å². The third-order valence-electron chi connectivity index (χ3n) is 4.18. The summed E-state index contributed by atoms with van der Waals surface area (Å²) < 4.78 is 34.1. The van der Waals surface area contributed by atoms with E-state index in [1.165, 1.54) is 11.8 Å². The van der Waals surface area contributed by atoms with Gasteiger partial charge in [0.1, 0.15) is 17.7 Å². The van der Waals surface area contributed by atoms with Crippen molar-refractivity contribution in [3.8, 4) is 0 Å². The van der Waals surface area contributed by atoms with E-state index in [4.69, 9.17) is 4.74 Å². The Hall–Kier alpha value is -2.48. The molecule has 0 unspecified atom stereocenters. The van der Waals surface area contributed by atoms with Gasteiger partial charge < -0.3 is 15.4 Å². The number of ether oxygens (including phenoxy) is 1. The highest BCUT2D eigenvalue weighted by atomic mass is 19.1. The minimum atomic E-state index is -0.707. The number of amides is 2. The van der Waals surface area contributed by atoms with E-state index in [1.807, 2.05) is 0 Å². The Labute approximate surface area is 143 Å². The molecule has 2 aliphatic rings. The lowest BCUT2D eigenvalue weighted by atomic mass is 9.98. The first kappa shape index (κ1) is 17.3. The molecule has 0 saturated carbocycles. The zero-order chi connectivity index (χ0) is 18.0. The van der Waals surface area contributed by atoms with Crippen molar-refractivity contribution in [1.82, 2.24) is 10.6 Å². The highest BCUT2D eigenvalue weighted by Gasteiger charge is 2.33. The van der Waals surface area contributed by atoms with Crippen LogP contribution in [0.1, 0.15) is 18.9 Å². The van der Waals surface area contributed by atoms with Gasteiger partial charge in [-0.3, -0.25) is 9.69 Å². The van der Waals surface area contributed by atoms with E-state index in [0.717, 1.165) is 12.1 Å². The van der Waals surface area contributed by atoms with Crippen LogP contribution in [0.3, 0.4) is 0 Å². The first-order chi connectivity index (χ1) is 12.0. The molecule has 0 aromatic heterocycles. The Balaban J connectivity index is 1.80. The molecule has 0 radical (unpaired) electrons. The third-order valence-corrected chi connectivity index (χ3v) is 4.18. The molecule has 8 heteroatoms. The molecule has 2 heterocycles. The molecule has 0 bridgehead atoms. The van der Waals surface area contributed by atoms with Crippen molar-refractivity contribution in [1.29, 1.82) is 0 Å². The summed E-state index contributed by atoms with van der Waals surface area (Å²) in [5, 5.41) is 5.64. The van der Waals surface area contributed by atoms with E-state index in [2.05, 4.69) is 10.6 Å². The van der Waals surface area contributed by atoms with Crippen molar-refractivity contribution in [2.24, 2.45) is 0 Å². The summed E-state index contributed by atoms with van der Waals surface area (Å²) in [6, 6.07) is 2.28. The number of cyclic esters (lactones) is 1. The number of hydrogen-bond donors (Lipinski definition) is 2. The van der Waals surface area contributed by atoms with E-state index in [1.54, 1.807) is 6.08 Å². The average Bonchev–Trinajstić information content (AvgIpc) is 2.94. The van der Waals surface area contributed by atoms with E-state index in [-0.39, 0.29) is 30.2 Å². The van der Waals surface area contributed by atoms with Crippen LogP contribution in [-0.4, -0.2) is 44.3 Å². The lowest BCUT2D eigenvalue weighted by Crippen LogP contribution is -2.33. The lowest BCUT2D eigenvalue weighted by Gasteiger charge is -2.18. The SMILES string of the molecule is CC(=O)NC[C@H]1CN(c2cc(F)c(C3=CCNCC3)c(F)c2)C(=O)O1. The molecule has 25 heavy (non-hydrogen) atoms. The molecule has 2 amide bonds. The van der Waals surface area contributed by atoms with Crippen LogP contribution < -0.4 is 15.5 Å². The first-order valence-electron chi connectivity index (χ1n) is 8.07. The summed E-state index contributed by atoms with van der Waals surface area (Å²) in [6.45, 7) is 2.85. The number of benzene rings is 1. The van der Waals surface area contributed by atoms with Crippen molar-refractivity contribution >= 4 is 23.3 Å². The van der Waals surface area contributed by atoms with Crippen LogP contribution >= 0.6 is 0 Å². The fraction of sp³-hybridized carbons (Fsp3) is 0.412. The van der Waals surface area contributed by atoms with Gasteiger partial charge in [-0.1, -0.05) is 6.08 Å². The normalized spacial score (nSPS) is 20.3. The maximum absolute atomic E-state index is 14.5. The molecule has 1 saturated heterocycles. The largest absolute Gasteiger partial charge is 0.442 e. The van der Waals surface area contributed by atoms with E-state index < -0.39 is 23.8 Å². The van der Waals surface area contributed by atoms with Crippen LogP contribution in [0.4, 0.5) is 19.3 Å². The summed E-state index contributed by atoms with van der Waals surface area (Å²) in [5.74, 6) is -1.66. The Morgan fingerprint density at radius 2 is 2.12 bits per heavy atom. The minimum absolute atomic E-state index is 0.0485. The van der Waals surface area contributed by atoms with Crippen LogP contribution in [0.25, 0.3) is 5.57 Å². The summed E-state index contributed by atoms with van der Waals surface area (Å²) in [4.78, 5) is 24.1. The maximum atomic E-state index is 14.5. The Bertz CT molecular complexity index is 713. The molecule has 0 aliphatic carbocycles. The molecule has 1 atom stereocenters. The molecule has 3 rings (SSSR count). The summed E-state index contributed by atoms with van der Waals surface area (Å²) in [6.07, 6.45) is 1.05. The molecule has 1 fully saturated rings. The zero-order valence-corrected chi connectivity index (χ0v) is 13.8. The quantitative estimate of drug-likeness (QED) is 0.868. The molecule has 1 aromatic carbocycles. The second kappa shape index (κ2) is 7.18. The number of carbonyl (C=O) groups excluding carboxylic acids is 2. The van der Waals surface area contributed by atoms with Crippen molar-refractivity contribution in [3.05, 3.63) is 35.4 Å². The highest BCUT2D eigenvalue weighted by Crippen LogP contribution is 2.31. The van der Waals surface area contributed by atoms with E-state index in [9.17, 15) is 18.4 Å². The standard InChI is InChI=1S/C17H19F2N3O3/c1-10(23)21-8-13-9-22(17(24)25-13)12-6-14(18)16(15(19)7-12)11-2-4-20-5-3-11/h2,6-7,13,20H,3-5,8-9H2,1H3,(H,21,23)/t13-/m0/s1. The fourth-order valence-electron chi connectivity index (χ4n) is 2.97. The second-order valence-electron chi connectivity index (χ2n) is 6.02. The fourth-order valence-corrected chi connectivity index (χ4v) is 2.97. The number of rotatable bonds is 4. The maximum Gasteiger partial charge on any atom is 0.414 e. The zero-order valence-electron chi connectivity index (χ0n) is 13.8. The molecular weight excluding hydrogens is 332 g/mol. The second-order valence-corrected chi connectivity index (χ2v) is 6.02. The van der Waals surface area contributed by atoms with Gasteiger partial charge in [0.15, 0.2) is 0 Å². The van der Waals surface area contributed by atoms with Crippen molar-refractivity contribution in [2.45, 2.75) is 19.4 Å². The topological polar surface area (TPSA) is 70.7 Å². The number of nitrogens with zero attached hydrogens (tertiary/aromatic N) is 1. The third kappa shape index (κ3) is 3.79. The van der Waals surface area contributed by atoms with Crippen LogP contribution in [0.2, 0.25) is 0 Å². The Kier molecular flexibility index (Phi) is 4.98. The lowest BCUT2D eigenvalue weighted by molar-refractivity contribution is -0.119. The molecule has 2 N–H and O–H groups in total. The Morgan fingerprint density at radius 3 is 2.72 bits per heavy atom. The van der Waals surface area contributed by atoms with Gasteiger partial charge in [0.25, 0.3) is 0 Å². The highest BCUT2D eigenvalue weighted by molar-refractivity contribution is 5.90. The van der Waals surface area contributed by atoms with Crippen molar-refractivity contribution < 1.29 is 23.1 Å². The predicted octanol–water partition coefficient (Wildman–Crippen LogP) is 1.80. The minimum Gasteiger partial charge on any atom is -0.442 e. The molecule has 1 aromatic rings. The molecule has 2 aliphatic heterocycles. The van der Waals surface area contributed by atoms with Gasteiger partial charge in [-0.15, -0.1) is 0 Å². The monoisotopic (exact) mass is 351 g/mol. The van der Waals surface area contributed by atoms with Crippen molar-refractivity contribution in [2.75, 3.05) is 31.1 Å². The predicted molar refractivity (Wildman–Crippen MR) is 88.1 cm³/mol. The number of carbonyl (C=O) groups is 2. The summed E-state index contributed by atoms with van der Waals surface area (Å²) in [7, 11) is 0. The smallest absolute Gasteiger partial charge is 0.414 e. The molecule has 6 nitrogen and oxygen atoms in total. The van der Waals surface area contributed by atoms with Crippen molar-refractivity contribution in [3.63, 3.8) is 0 Å². The van der Waals surface area contributed by atoms with Crippen LogP contribution in [0.15, 0.2) is 18.2 Å². The number of halogens is 2. The van der Waals surface area contributed by atoms with Gasteiger partial charge in [0.2, 0.25) is 5.91 Å². The number of nitrogens with one attached hydrogen (secondary N) is 2. The van der Waals surface area contributed by atoms with E-state index >= 15 is 0 Å². The van der Waals surface area contributed by atoms with Crippen LogP contribution in [0, 0.1) is 11.6 Å². The van der Waals surface area contributed by atoms with Gasteiger partial charge in [0, 0.05) is 19.0 Å².